The standard InChI is InChI=1S/C13H15N3O2/c1-3-12-15-11(16-18-12)8-14-13(17)10-6-4-5-9(2)7-10/h4-7H,3,8H2,1-2H3,(H,14,17). The van der Waals surface area contributed by atoms with Gasteiger partial charge in [0.25, 0.3) is 5.91 Å². The molecule has 0 aliphatic carbocycles. The molecule has 0 saturated carbocycles. The average Bonchev–Trinajstić information content (AvgIpc) is 2.84. The first kappa shape index (κ1) is 12.3. The maximum Gasteiger partial charge on any atom is 0.251 e. The third-order valence-corrected chi connectivity index (χ3v) is 2.50. The molecule has 0 atom stereocenters. The molecule has 0 fully saturated rings. The van der Waals surface area contributed by atoms with Crippen LogP contribution in [-0.2, 0) is 13.0 Å². The number of nitrogens with zero attached hydrogens (tertiary/aromatic N) is 2. The predicted molar refractivity (Wildman–Crippen MR) is 66.0 cm³/mol. The molecule has 0 aliphatic heterocycles. The fourth-order valence-electron chi connectivity index (χ4n) is 1.55. The Morgan fingerprint density at radius 2 is 2.28 bits per heavy atom. The minimum Gasteiger partial charge on any atom is -0.345 e. The molecule has 0 unspecified atom stereocenters. The van der Waals surface area contributed by atoms with Crippen LogP contribution in [0.15, 0.2) is 28.8 Å². The molecule has 1 aromatic heterocycles. The van der Waals surface area contributed by atoms with Gasteiger partial charge in [-0.2, -0.15) is 4.98 Å². The number of hydrogen-bond donors (Lipinski definition) is 1. The summed E-state index contributed by atoms with van der Waals surface area (Å²) in [5.41, 5.74) is 1.68. The van der Waals surface area contributed by atoms with Crippen LogP contribution in [0.5, 0.6) is 0 Å². The van der Waals surface area contributed by atoms with Crippen molar-refractivity contribution in [1.29, 1.82) is 0 Å². The van der Waals surface area contributed by atoms with E-state index in [0.717, 1.165) is 5.56 Å². The summed E-state index contributed by atoms with van der Waals surface area (Å²) in [5.74, 6) is 0.934. The van der Waals surface area contributed by atoms with E-state index < -0.39 is 0 Å². The second kappa shape index (κ2) is 5.44. The molecule has 1 amide bonds. The number of aromatic nitrogens is 2. The van der Waals surface area contributed by atoms with Gasteiger partial charge in [-0.3, -0.25) is 4.79 Å². The summed E-state index contributed by atoms with van der Waals surface area (Å²) in [7, 11) is 0. The van der Waals surface area contributed by atoms with Gasteiger partial charge < -0.3 is 9.84 Å². The van der Waals surface area contributed by atoms with Gasteiger partial charge in [-0.15, -0.1) is 0 Å². The van der Waals surface area contributed by atoms with Gasteiger partial charge in [0.05, 0.1) is 6.54 Å². The van der Waals surface area contributed by atoms with Gasteiger partial charge in [0.2, 0.25) is 5.89 Å². The first-order chi connectivity index (χ1) is 8.69. The van der Waals surface area contributed by atoms with Crippen molar-refractivity contribution in [2.75, 3.05) is 0 Å². The number of aryl methyl sites for hydroxylation is 2. The highest BCUT2D eigenvalue weighted by Gasteiger charge is 2.08. The fourth-order valence-corrected chi connectivity index (χ4v) is 1.55. The van der Waals surface area contributed by atoms with Crippen LogP contribution in [0.1, 0.15) is 34.6 Å². The first-order valence-corrected chi connectivity index (χ1v) is 5.85. The number of carbonyl (C=O) groups is 1. The number of nitrogens with one attached hydrogen (secondary N) is 1. The van der Waals surface area contributed by atoms with Crippen LogP contribution < -0.4 is 5.32 Å². The minimum absolute atomic E-state index is 0.137. The molecule has 0 radical (unpaired) electrons. The van der Waals surface area contributed by atoms with Crippen LogP contribution >= 0.6 is 0 Å². The quantitative estimate of drug-likeness (QED) is 0.892. The summed E-state index contributed by atoms with van der Waals surface area (Å²) in [6.07, 6.45) is 0.693. The smallest absolute Gasteiger partial charge is 0.251 e. The van der Waals surface area contributed by atoms with Crippen molar-refractivity contribution in [1.82, 2.24) is 15.5 Å². The summed E-state index contributed by atoms with van der Waals surface area (Å²) in [5, 5.41) is 6.53. The molecule has 0 aliphatic rings. The third-order valence-electron chi connectivity index (χ3n) is 2.50. The Balaban J connectivity index is 1.96. The molecule has 94 valence electrons. The molecule has 5 heteroatoms. The molecule has 0 bridgehead atoms. The Hall–Kier alpha value is -2.17. The second-order valence-electron chi connectivity index (χ2n) is 4.01. The molecule has 1 aromatic carbocycles. The zero-order chi connectivity index (χ0) is 13.0. The van der Waals surface area contributed by atoms with E-state index in [2.05, 4.69) is 15.5 Å². The molecule has 1 N–H and O–H groups in total. The molecule has 0 saturated heterocycles. The lowest BCUT2D eigenvalue weighted by Gasteiger charge is -2.03. The zero-order valence-corrected chi connectivity index (χ0v) is 10.4. The highest BCUT2D eigenvalue weighted by atomic mass is 16.5. The molecule has 5 nitrogen and oxygen atoms in total. The largest absolute Gasteiger partial charge is 0.345 e. The molecule has 18 heavy (non-hydrogen) atoms. The van der Waals surface area contributed by atoms with Gasteiger partial charge >= 0.3 is 0 Å². The Kier molecular flexibility index (Phi) is 3.72. The Labute approximate surface area is 105 Å². The average molecular weight is 245 g/mol. The summed E-state index contributed by atoms with van der Waals surface area (Å²) in [4.78, 5) is 16.0. The van der Waals surface area contributed by atoms with Crippen LogP contribution in [0.25, 0.3) is 0 Å². The SMILES string of the molecule is CCc1nc(CNC(=O)c2cccc(C)c2)no1. The molecule has 1 heterocycles. The summed E-state index contributed by atoms with van der Waals surface area (Å²) < 4.78 is 4.96. The van der Waals surface area contributed by atoms with Crippen molar-refractivity contribution in [2.45, 2.75) is 26.8 Å². The van der Waals surface area contributed by atoms with Crippen molar-refractivity contribution in [3.05, 3.63) is 47.1 Å². The zero-order valence-electron chi connectivity index (χ0n) is 10.4. The number of carbonyl (C=O) groups excluding carboxylic acids is 1. The van der Waals surface area contributed by atoms with Gasteiger partial charge in [-0.05, 0) is 19.1 Å². The highest BCUT2D eigenvalue weighted by Crippen LogP contribution is 2.04. The van der Waals surface area contributed by atoms with Crippen molar-refractivity contribution >= 4 is 5.91 Å². The van der Waals surface area contributed by atoms with E-state index in [1.54, 1.807) is 6.07 Å². The van der Waals surface area contributed by atoms with Crippen LogP contribution in [0, 0.1) is 6.92 Å². The van der Waals surface area contributed by atoms with Crippen molar-refractivity contribution < 1.29 is 9.32 Å². The summed E-state index contributed by atoms with van der Waals surface area (Å²) in [6.45, 7) is 4.16. The summed E-state index contributed by atoms with van der Waals surface area (Å²) >= 11 is 0. The Bertz CT molecular complexity index is 549. The highest BCUT2D eigenvalue weighted by molar-refractivity contribution is 5.94. The monoisotopic (exact) mass is 245 g/mol. The van der Waals surface area contributed by atoms with Gasteiger partial charge in [-0.25, -0.2) is 0 Å². The predicted octanol–water partition coefficient (Wildman–Crippen LogP) is 1.87. The van der Waals surface area contributed by atoms with Crippen LogP contribution in [0.4, 0.5) is 0 Å². The minimum atomic E-state index is -0.137. The molecule has 2 aromatic rings. The van der Waals surface area contributed by atoms with E-state index in [-0.39, 0.29) is 12.5 Å². The first-order valence-electron chi connectivity index (χ1n) is 5.85. The van der Waals surface area contributed by atoms with Gasteiger partial charge in [0.15, 0.2) is 5.82 Å². The fraction of sp³-hybridized carbons (Fsp3) is 0.308. The van der Waals surface area contributed by atoms with Gasteiger partial charge in [0.1, 0.15) is 0 Å². The number of rotatable bonds is 4. The number of hydrogen-bond acceptors (Lipinski definition) is 4. The lowest BCUT2D eigenvalue weighted by Crippen LogP contribution is -2.23. The lowest BCUT2D eigenvalue weighted by molar-refractivity contribution is 0.0949. The van der Waals surface area contributed by atoms with Crippen LogP contribution in [0.2, 0.25) is 0 Å². The van der Waals surface area contributed by atoms with E-state index in [1.165, 1.54) is 0 Å². The molecule has 2 rings (SSSR count). The van der Waals surface area contributed by atoms with Crippen molar-refractivity contribution in [2.24, 2.45) is 0 Å². The van der Waals surface area contributed by atoms with Gasteiger partial charge in [0, 0.05) is 12.0 Å². The molecular formula is C13H15N3O2. The summed E-state index contributed by atoms with van der Waals surface area (Å²) in [6, 6.07) is 7.41. The van der Waals surface area contributed by atoms with Crippen LogP contribution in [-0.4, -0.2) is 16.0 Å². The molecule has 0 spiro atoms. The maximum absolute atomic E-state index is 11.8. The normalized spacial score (nSPS) is 10.3. The van der Waals surface area contributed by atoms with E-state index >= 15 is 0 Å². The van der Waals surface area contributed by atoms with E-state index in [9.17, 15) is 4.79 Å². The molecular weight excluding hydrogens is 230 g/mol. The Morgan fingerprint density at radius 1 is 1.44 bits per heavy atom. The topological polar surface area (TPSA) is 68.0 Å². The van der Waals surface area contributed by atoms with Crippen LogP contribution in [0.3, 0.4) is 0 Å². The van der Waals surface area contributed by atoms with Gasteiger partial charge in [-0.1, -0.05) is 29.8 Å². The third kappa shape index (κ3) is 2.94. The lowest BCUT2D eigenvalue weighted by atomic mass is 10.1. The second-order valence-corrected chi connectivity index (χ2v) is 4.01. The number of amides is 1. The van der Waals surface area contributed by atoms with E-state index in [0.29, 0.717) is 23.7 Å². The maximum atomic E-state index is 11.8. The van der Waals surface area contributed by atoms with E-state index in [1.807, 2.05) is 32.0 Å². The Morgan fingerprint density at radius 3 is 2.94 bits per heavy atom. The van der Waals surface area contributed by atoms with Crippen molar-refractivity contribution in [3.8, 4) is 0 Å². The van der Waals surface area contributed by atoms with Crippen molar-refractivity contribution in [3.63, 3.8) is 0 Å². The van der Waals surface area contributed by atoms with E-state index in [4.69, 9.17) is 4.52 Å². The number of benzene rings is 1.